The van der Waals surface area contributed by atoms with Gasteiger partial charge in [-0.05, 0) is 41.5 Å². The Morgan fingerprint density at radius 2 is 2.05 bits per heavy atom. The summed E-state index contributed by atoms with van der Waals surface area (Å²) in [5, 5.41) is 9.77. The Balaban J connectivity index is 2.29. The summed E-state index contributed by atoms with van der Waals surface area (Å²) < 4.78 is 0. The van der Waals surface area contributed by atoms with E-state index in [9.17, 15) is 4.79 Å². The first kappa shape index (κ1) is 12.9. The van der Waals surface area contributed by atoms with Crippen LogP contribution in [0.5, 0.6) is 0 Å². The van der Waals surface area contributed by atoms with Gasteiger partial charge in [-0.1, -0.05) is 0 Å². The minimum absolute atomic E-state index is 0.311. The van der Waals surface area contributed by atoms with Crippen LogP contribution in [-0.2, 0) is 6.42 Å². The summed E-state index contributed by atoms with van der Waals surface area (Å²) in [6, 6.07) is 11.5. The summed E-state index contributed by atoms with van der Waals surface area (Å²) in [4.78, 5) is 18.4. The summed E-state index contributed by atoms with van der Waals surface area (Å²) in [5.74, 6) is -0.506. The lowest BCUT2D eigenvalue weighted by molar-refractivity contribution is 0.0996. The number of benzene rings is 1. The number of amides is 1. The first-order chi connectivity index (χ1) is 10.2. The number of aromatic amines is 1. The topological polar surface area (TPSA) is 95.6 Å². The number of H-pyrrole nitrogens is 1. The third-order valence-electron chi connectivity index (χ3n) is 3.33. The minimum Gasteiger partial charge on any atom is -0.364 e. The molecule has 0 aliphatic heterocycles. The second-order valence-corrected chi connectivity index (χ2v) is 4.73. The molecule has 0 spiro atoms. The molecule has 0 saturated heterocycles. The zero-order chi connectivity index (χ0) is 14.8. The Hall–Kier alpha value is -3.13. The number of hydrogen-bond donors (Lipinski definition) is 2. The van der Waals surface area contributed by atoms with Gasteiger partial charge in [0.25, 0.3) is 5.91 Å². The van der Waals surface area contributed by atoms with Gasteiger partial charge < -0.3 is 10.7 Å². The molecule has 2 aromatic heterocycles. The number of primary amides is 1. The van der Waals surface area contributed by atoms with Crippen LogP contribution >= 0.6 is 0 Å². The number of rotatable bonds is 3. The third kappa shape index (κ3) is 2.35. The Bertz CT molecular complexity index is 859. The van der Waals surface area contributed by atoms with Crippen LogP contribution in [0.3, 0.4) is 0 Å². The summed E-state index contributed by atoms with van der Waals surface area (Å²) in [7, 11) is 0. The number of nitrogens with zero attached hydrogens (tertiary/aromatic N) is 2. The largest absolute Gasteiger partial charge is 0.364 e. The van der Waals surface area contributed by atoms with Crippen molar-refractivity contribution in [1.82, 2.24) is 9.97 Å². The van der Waals surface area contributed by atoms with E-state index in [4.69, 9.17) is 11.0 Å². The van der Waals surface area contributed by atoms with E-state index in [0.717, 1.165) is 27.6 Å². The van der Waals surface area contributed by atoms with E-state index >= 15 is 0 Å². The van der Waals surface area contributed by atoms with Crippen molar-refractivity contribution in [3.8, 4) is 17.2 Å². The zero-order valence-electron chi connectivity index (χ0n) is 11.1. The van der Waals surface area contributed by atoms with Crippen LogP contribution in [0, 0.1) is 11.3 Å². The van der Waals surface area contributed by atoms with E-state index in [0.29, 0.717) is 12.1 Å². The summed E-state index contributed by atoms with van der Waals surface area (Å²) >= 11 is 0. The van der Waals surface area contributed by atoms with Crippen LogP contribution in [0.15, 0.2) is 42.7 Å². The number of carbonyl (C=O) groups excluding carboxylic acids is 1. The normalized spacial score (nSPS) is 10.4. The maximum Gasteiger partial charge on any atom is 0.265 e. The number of hydrogen-bond acceptors (Lipinski definition) is 3. The molecule has 102 valence electrons. The zero-order valence-corrected chi connectivity index (χ0v) is 11.1. The van der Waals surface area contributed by atoms with Crippen molar-refractivity contribution in [3.63, 3.8) is 0 Å². The second kappa shape index (κ2) is 5.10. The van der Waals surface area contributed by atoms with Gasteiger partial charge in [0, 0.05) is 23.3 Å². The van der Waals surface area contributed by atoms with Gasteiger partial charge in [-0.2, -0.15) is 5.26 Å². The van der Waals surface area contributed by atoms with E-state index in [-0.39, 0.29) is 0 Å². The highest BCUT2D eigenvalue weighted by Crippen LogP contribution is 2.30. The fourth-order valence-electron chi connectivity index (χ4n) is 2.39. The lowest BCUT2D eigenvalue weighted by Gasteiger charge is -2.06. The van der Waals surface area contributed by atoms with Gasteiger partial charge >= 0.3 is 0 Å². The molecular formula is C16H12N4O. The van der Waals surface area contributed by atoms with Crippen molar-refractivity contribution in [3.05, 3.63) is 54.0 Å². The SMILES string of the molecule is N#CCc1cc(-c2ccncc2)c2[nH]c(C(N)=O)cc2c1. The first-order valence-electron chi connectivity index (χ1n) is 6.42. The highest BCUT2D eigenvalue weighted by molar-refractivity contribution is 6.02. The van der Waals surface area contributed by atoms with Crippen molar-refractivity contribution in [1.29, 1.82) is 5.26 Å². The van der Waals surface area contributed by atoms with Crippen LogP contribution in [0.25, 0.3) is 22.0 Å². The molecule has 3 aromatic rings. The average molecular weight is 276 g/mol. The van der Waals surface area contributed by atoms with Crippen LogP contribution < -0.4 is 5.73 Å². The predicted molar refractivity (Wildman–Crippen MR) is 79.4 cm³/mol. The fourth-order valence-corrected chi connectivity index (χ4v) is 2.39. The highest BCUT2D eigenvalue weighted by atomic mass is 16.1. The highest BCUT2D eigenvalue weighted by Gasteiger charge is 2.12. The van der Waals surface area contributed by atoms with E-state index < -0.39 is 5.91 Å². The van der Waals surface area contributed by atoms with Crippen molar-refractivity contribution >= 4 is 16.8 Å². The Morgan fingerprint density at radius 1 is 1.29 bits per heavy atom. The summed E-state index contributed by atoms with van der Waals surface area (Å²) in [5.41, 5.74) is 9.30. The molecule has 1 amide bonds. The van der Waals surface area contributed by atoms with Crippen molar-refractivity contribution < 1.29 is 4.79 Å². The maximum absolute atomic E-state index is 11.4. The second-order valence-electron chi connectivity index (χ2n) is 4.73. The molecule has 5 nitrogen and oxygen atoms in total. The van der Waals surface area contributed by atoms with Crippen LogP contribution in [0.4, 0.5) is 0 Å². The lowest BCUT2D eigenvalue weighted by Crippen LogP contribution is -2.10. The lowest BCUT2D eigenvalue weighted by atomic mass is 10.00. The predicted octanol–water partition coefficient (Wildman–Crippen LogP) is 2.39. The molecule has 1 aromatic carbocycles. The first-order valence-corrected chi connectivity index (χ1v) is 6.42. The number of fused-ring (bicyclic) bond motifs is 1. The van der Waals surface area contributed by atoms with Crippen LogP contribution in [-0.4, -0.2) is 15.9 Å². The van der Waals surface area contributed by atoms with Crippen molar-refractivity contribution in [2.24, 2.45) is 5.73 Å². The standard InChI is InChI=1S/C16H12N4O/c17-4-1-10-7-12-9-14(16(18)21)20-15(12)13(8-10)11-2-5-19-6-3-11/h2-3,5-9,20H,1H2,(H2,18,21). The molecule has 0 fully saturated rings. The van der Waals surface area contributed by atoms with E-state index in [1.54, 1.807) is 18.5 Å². The van der Waals surface area contributed by atoms with Gasteiger partial charge in [0.2, 0.25) is 0 Å². The molecule has 0 radical (unpaired) electrons. The summed E-state index contributed by atoms with van der Waals surface area (Å²) in [6.07, 6.45) is 3.72. The molecule has 5 heteroatoms. The third-order valence-corrected chi connectivity index (χ3v) is 3.33. The van der Waals surface area contributed by atoms with Gasteiger partial charge in [-0.25, -0.2) is 0 Å². The van der Waals surface area contributed by atoms with E-state index in [2.05, 4.69) is 16.0 Å². The molecule has 0 aliphatic rings. The number of nitrogens with two attached hydrogens (primary N) is 1. The quantitative estimate of drug-likeness (QED) is 0.768. The maximum atomic E-state index is 11.4. The van der Waals surface area contributed by atoms with Crippen LogP contribution in [0.1, 0.15) is 16.1 Å². The average Bonchev–Trinajstić information content (AvgIpc) is 2.92. The molecule has 0 unspecified atom stereocenters. The number of nitrogens with one attached hydrogen (secondary N) is 1. The molecule has 0 bridgehead atoms. The minimum atomic E-state index is -0.506. The molecule has 0 atom stereocenters. The van der Waals surface area contributed by atoms with Gasteiger partial charge in [0.05, 0.1) is 18.0 Å². The number of nitriles is 1. The van der Waals surface area contributed by atoms with E-state index in [1.807, 2.05) is 24.3 Å². The van der Waals surface area contributed by atoms with Gasteiger partial charge in [0.15, 0.2) is 0 Å². The molecular weight excluding hydrogens is 264 g/mol. The number of aromatic nitrogens is 2. The van der Waals surface area contributed by atoms with Crippen molar-refractivity contribution in [2.45, 2.75) is 6.42 Å². The molecule has 3 N–H and O–H groups in total. The molecule has 3 rings (SSSR count). The Kier molecular flexibility index (Phi) is 3.13. The molecule has 21 heavy (non-hydrogen) atoms. The van der Waals surface area contributed by atoms with E-state index in [1.165, 1.54) is 0 Å². The Morgan fingerprint density at radius 3 is 2.71 bits per heavy atom. The number of carbonyl (C=O) groups is 1. The fraction of sp³-hybridized carbons (Fsp3) is 0.0625. The smallest absolute Gasteiger partial charge is 0.265 e. The molecule has 0 saturated carbocycles. The summed E-state index contributed by atoms with van der Waals surface area (Å²) in [6.45, 7) is 0. The number of pyridine rings is 1. The molecule has 2 heterocycles. The monoisotopic (exact) mass is 276 g/mol. The molecule has 0 aliphatic carbocycles. The van der Waals surface area contributed by atoms with Gasteiger partial charge in [-0.15, -0.1) is 0 Å². The van der Waals surface area contributed by atoms with Gasteiger partial charge in [0.1, 0.15) is 5.69 Å². The van der Waals surface area contributed by atoms with Gasteiger partial charge in [-0.3, -0.25) is 9.78 Å². The van der Waals surface area contributed by atoms with Crippen molar-refractivity contribution in [2.75, 3.05) is 0 Å². The Labute approximate surface area is 121 Å². The van der Waals surface area contributed by atoms with Crippen LogP contribution in [0.2, 0.25) is 0 Å².